The van der Waals surface area contributed by atoms with Gasteiger partial charge in [-0.05, 0) is 49.3 Å². The van der Waals surface area contributed by atoms with Crippen molar-refractivity contribution in [2.45, 2.75) is 57.0 Å². The molecule has 0 spiro atoms. The molecule has 0 heterocycles. The van der Waals surface area contributed by atoms with Crippen LogP contribution in [0.5, 0.6) is 0 Å². The van der Waals surface area contributed by atoms with E-state index in [9.17, 15) is 8.42 Å². The van der Waals surface area contributed by atoms with E-state index in [0.29, 0.717) is 4.90 Å². The van der Waals surface area contributed by atoms with Crippen molar-refractivity contribution in [2.75, 3.05) is 0 Å². The lowest BCUT2D eigenvalue weighted by Crippen LogP contribution is -2.33. The molecule has 0 saturated heterocycles. The predicted octanol–water partition coefficient (Wildman–Crippen LogP) is 2.56. The predicted molar refractivity (Wildman–Crippen MR) is 80.8 cm³/mol. The van der Waals surface area contributed by atoms with E-state index in [0.717, 1.165) is 24.8 Å². The molecule has 20 heavy (non-hydrogen) atoms. The minimum absolute atomic E-state index is 0.0445. The number of nitrogens with two attached hydrogens (primary N) is 1. The molecular formula is C15H24N2O2S. The standard InChI is InChI=1S/C15H24N2O2S/c1-11(16)12-4-6-14(7-5-12)20(18,19)17-13-8-9-15(2,3)10-13/h4-7,11,13,17H,8-10,16H2,1-3H3. The fraction of sp³-hybridized carbons (Fsp3) is 0.600. The Labute approximate surface area is 121 Å². The van der Waals surface area contributed by atoms with Gasteiger partial charge in [-0.3, -0.25) is 0 Å². The van der Waals surface area contributed by atoms with Crippen LogP contribution in [0.1, 0.15) is 51.6 Å². The maximum Gasteiger partial charge on any atom is 0.240 e. The largest absolute Gasteiger partial charge is 0.324 e. The van der Waals surface area contributed by atoms with Gasteiger partial charge in [0.2, 0.25) is 10.0 Å². The van der Waals surface area contributed by atoms with Gasteiger partial charge in [0.05, 0.1) is 4.90 Å². The molecule has 1 aromatic rings. The van der Waals surface area contributed by atoms with Crippen LogP contribution in [0.4, 0.5) is 0 Å². The Hall–Kier alpha value is -0.910. The summed E-state index contributed by atoms with van der Waals surface area (Å²) in [6.07, 6.45) is 2.86. The normalized spacial score (nSPS) is 23.7. The summed E-state index contributed by atoms with van der Waals surface area (Å²) in [4.78, 5) is 0.312. The number of nitrogens with one attached hydrogen (secondary N) is 1. The summed E-state index contributed by atoms with van der Waals surface area (Å²) in [7, 11) is -3.43. The molecule has 3 N–H and O–H groups in total. The highest BCUT2D eigenvalue weighted by Gasteiger charge is 2.33. The van der Waals surface area contributed by atoms with Crippen molar-refractivity contribution in [2.24, 2.45) is 11.1 Å². The Bertz CT molecular complexity index is 562. The second kappa shape index (κ2) is 5.47. The van der Waals surface area contributed by atoms with Gasteiger partial charge in [0.15, 0.2) is 0 Å². The summed E-state index contributed by atoms with van der Waals surface area (Å²) in [5, 5.41) is 0. The molecule has 5 heteroatoms. The molecule has 2 unspecified atom stereocenters. The van der Waals surface area contributed by atoms with Crippen LogP contribution in [0.2, 0.25) is 0 Å². The van der Waals surface area contributed by atoms with Gasteiger partial charge >= 0.3 is 0 Å². The van der Waals surface area contributed by atoms with Crippen LogP contribution in [0.15, 0.2) is 29.2 Å². The average Bonchev–Trinajstić information content (AvgIpc) is 2.68. The van der Waals surface area contributed by atoms with Crippen molar-refractivity contribution in [3.8, 4) is 0 Å². The highest BCUT2D eigenvalue weighted by atomic mass is 32.2. The molecule has 0 aliphatic heterocycles. The minimum atomic E-state index is -3.43. The van der Waals surface area contributed by atoms with Crippen molar-refractivity contribution in [3.63, 3.8) is 0 Å². The zero-order valence-electron chi connectivity index (χ0n) is 12.4. The highest BCUT2D eigenvalue weighted by Crippen LogP contribution is 2.37. The Morgan fingerprint density at radius 3 is 2.35 bits per heavy atom. The van der Waals surface area contributed by atoms with E-state index in [1.165, 1.54) is 0 Å². The lowest BCUT2D eigenvalue weighted by molar-refractivity contribution is 0.372. The number of hydrogen-bond donors (Lipinski definition) is 2. The molecule has 1 saturated carbocycles. The van der Waals surface area contributed by atoms with Crippen LogP contribution < -0.4 is 10.5 Å². The lowest BCUT2D eigenvalue weighted by Gasteiger charge is -2.18. The van der Waals surface area contributed by atoms with Crippen LogP contribution in [0.25, 0.3) is 0 Å². The molecular weight excluding hydrogens is 272 g/mol. The second-order valence-corrected chi connectivity index (χ2v) is 8.30. The zero-order chi connectivity index (χ0) is 15.0. The van der Waals surface area contributed by atoms with Crippen molar-refractivity contribution in [1.82, 2.24) is 4.72 Å². The third-order valence-corrected chi connectivity index (χ3v) is 5.54. The summed E-state index contributed by atoms with van der Waals surface area (Å²) >= 11 is 0. The first kappa shape index (κ1) is 15.5. The first-order valence-electron chi connectivity index (χ1n) is 7.07. The molecule has 0 bridgehead atoms. The van der Waals surface area contributed by atoms with Gasteiger partial charge in [0.25, 0.3) is 0 Å². The lowest BCUT2D eigenvalue weighted by atomic mass is 9.92. The van der Waals surface area contributed by atoms with E-state index in [1.807, 2.05) is 6.92 Å². The van der Waals surface area contributed by atoms with Crippen LogP contribution >= 0.6 is 0 Å². The van der Waals surface area contributed by atoms with Gasteiger partial charge in [0.1, 0.15) is 0 Å². The molecule has 0 aromatic heterocycles. The first-order valence-corrected chi connectivity index (χ1v) is 8.56. The smallest absolute Gasteiger partial charge is 0.240 e. The van der Waals surface area contributed by atoms with Gasteiger partial charge in [-0.2, -0.15) is 0 Å². The molecule has 0 radical (unpaired) electrons. The van der Waals surface area contributed by atoms with Crippen LogP contribution in [-0.2, 0) is 10.0 Å². The van der Waals surface area contributed by atoms with Crippen LogP contribution in [-0.4, -0.2) is 14.5 Å². The second-order valence-electron chi connectivity index (χ2n) is 6.58. The van der Waals surface area contributed by atoms with Gasteiger partial charge in [-0.15, -0.1) is 0 Å². The van der Waals surface area contributed by atoms with E-state index in [4.69, 9.17) is 5.73 Å². The molecule has 2 rings (SSSR count). The first-order chi connectivity index (χ1) is 9.20. The average molecular weight is 296 g/mol. The molecule has 1 aromatic carbocycles. The fourth-order valence-electron chi connectivity index (χ4n) is 2.77. The summed E-state index contributed by atoms with van der Waals surface area (Å²) < 4.78 is 27.5. The third kappa shape index (κ3) is 3.59. The molecule has 1 aliphatic carbocycles. The van der Waals surface area contributed by atoms with Crippen molar-refractivity contribution >= 4 is 10.0 Å². The van der Waals surface area contributed by atoms with E-state index < -0.39 is 10.0 Å². The molecule has 0 amide bonds. The summed E-state index contributed by atoms with van der Waals surface area (Å²) in [6, 6.07) is 6.76. The molecule has 1 aliphatic rings. The zero-order valence-corrected chi connectivity index (χ0v) is 13.2. The van der Waals surface area contributed by atoms with Crippen LogP contribution in [0, 0.1) is 5.41 Å². The van der Waals surface area contributed by atoms with E-state index in [1.54, 1.807) is 24.3 Å². The Morgan fingerprint density at radius 2 is 1.90 bits per heavy atom. The van der Waals surface area contributed by atoms with Crippen LogP contribution in [0.3, 0.4) is 0 Å². The monoisotopic (exact) mass is 296 g/mol. The Balaban J connectivity index is 2.11. The fourth-order valence-corrected chi connectivity index (χ4v) is 4.05. The Kier molecular flexibility index (Phi) is 4.23. The van der Waals surface area contributed by atoms with Crippen molar-refractivity contribution < 1.29 is 8.42 Å². The third-order valence-electron chi connectivity index (χ3n) is 4.01. The van der Waals surface area contributed by atoms with Crippen molar-refractivity contribution in [1.29, 1.82) is 0 Å². The molecule has 2 atom stereocenters. The number of benzene rings is 1. The van der Waals surface area contributed by atoms with Gasteiger partial charge in [-0.1, -0.05) is 26.0 Å². The quantitative estimate of drug-likeness (QED) is 0.897. The maximum atomic E-state index is 12.3. The summed E-state index contributed by atoms with van der Waals surface area (Å²) in [5.74, 6) is 0. The molecule has 112 valence electrons. The van der Waals surface area contributed by atoms with Gasteiger partial charge in [0, 0.05) is 12.1 Å². The molecule has 1 fully saturated rings. The Morgan fingerprint density at radius 1 is 1.30 bits per heavy atom. The highest BCUT2D eigenvalue weighted by molar-refractivity contribution is 7.89. The minimum Gasteiger partial charge on any atom is -0.324 e. The summed E-state index contributed by atoms with van der Waals surface area (Å²) in [5.41, 5.74) is 6.93. The van der Waals surface area contributed by atoms with Gasteiger partial charge in [-0.25, -0.2) is 13.1 Å². The number of hydrogen-bond acceptors (Lipinski definition) is 3. The van der Waals surface area contributed by atoms with Gasteiger partial charge < -0.3 is 5.73 Å². The van der Waals surface area contributed by atoms with E-state index in [2.05, 4.69) is 18.6 Å². The van der Waals surface area contributed by atoms with Crippen molar-refractivity contribution in [3.05, 3.63) is 29.8 Å². The number of sulfonamides is 1. The van der Waals surface area contributed by atoms with E-state index in [-0.39, 0.29) is 17.5 Å². The maximum absolute atomic E-state index is 12.3. The van der Waals surface area contributed by atoms with E-state index >= 15 is 0 Å². The topological polar surface area (TPSA) is 72.2 Å². The SMILES string of the molecule is CC(N)c1ccc(S(=O)(=O)NC2CCC(C)(C)C2)cc1. The summed E-state index contributed by atoms with van der Waals surface area (Å²) in [6.45, 7) is 6.24. The number of rotatable bonds is 4. The molecule has 4 nitrogen and oxygen atoms in total.